The Morgan fingerprint density at radius 3 is 2.48 bits per heavy atom. The van der Waals surface area contributed by atoms with E-state index in [-0.39, 0.29) is 29.8 Å². The number of amides is 1. The minimum absolute atomic E-state index is 0.0790. The van der Waals surface area contributed by atoms with Gasteiger partial charge in [0.15, 0.2) is 0 Å². The molecule has 2 N–H and O–H groups in total. The lowest BCUT2D eigenvalue weighted by Gasteiger charge is -2.19. The molecule has 29 heavy (non-hydrogen) atoms. The molecule has 152 valence electrons. The predicted octanol–water partition coefficient (Wildman–Crippen LogP) is 1.64. The van der Waals surface area contributed by atoms with E-state index in [1.807, 2.05) is 30.3 Å². The molecule has 1 amide bonds. The van der Waals surface area contributed by atoms with Gasteiger partial charge in [0.2, 0.25) is 15.9 Å². The lowest BCUT2D eigenvalue weighted by molar-refractivity contribution is -0.121. The van der Waals surface area contributed by atoms with Gasteiger partial charge in [0.25, 0.3) is 0 Å². The van der Waals surface area contributed by atoms with E-state index >= 15 is 0 Å². The van der Waals surface area contributed by atoms with Gasteiger partial charge in [0.1, 0.15) is 5.82 Å². The van der Waals surface area contributed by atoms with Gasteiger partial charge in [-0.3, -0.25) is 4.79 Å². The molecule has 1 aromatic heterocycles. The number of nitrogens with one attached hydrogen (secondary N) is 2. The first-order chi connectivity index (χ1) is 13.9. The predicted molar refractivity (Wildman–Crippen MR) is 104 cm³/mol. The van der Waals surface area contributed by atoms with Gasteiger partial charge in [0.05, 0.1) is 29.9 Å². The minimum atomic E-state index is -3.89. The van der Waals surface area contributed by atoms with Gasteiger partial charge < -0.3 is 5.32 Å². The lowest BCUT2D eigenvalue weighted by atomic mass is 10.1. The average Bonchev–Trinajstić information content (AvgIpc) is 3.21. The Bertz CT molecular complexity index is 1040. The maximum atomic E-state index is 13.2. The molecule has 10 heteroatoms. The normalized spacial score (nSPS) is 12.4. The van der Waals surface area contributed by atoms with Crippen molar-refractivity contribution in [3.05, 3.63) is 78.4 Å². The fourth-order valence-electron chi connectivity index (χ4n) is 2.70. The van der Waals surface area contributed by atoms with Crippen molar-refractivity contribution in [1.82, 2.24) is 25.0 Å². The number of rotatable bonds is 9. The topological polar surface area (TPSA) is 106 Å². The van der Waals surface area contributed by atoms with Crippen LogP contribution in [0.1, 0.15) is 18.0 Å². The molecule has 1 atom stereocenters. The summed E-state index contributed by atoms with van der Waals surface area (Å²) < 4.78 is 39.9. The first-order valence-electron chi connectivity index (χ1n) is 8.88. The summed E-state index contributed by atoms with van der Waals surface area (Å²) in [5.74, 6) is -0.989. The fourth-order valence-corrected chi connectivity index (χ4v) is 3.77. The number of carbonyl (C=O) groups excluding carboxylic acids is 1. The molecule has 0 aliphatic heterocycles. The Balaban J connectivity index is 1.59. The maximum absolute atomic E-state index is 13.2. The minimum Gasteiger partial charge on any atom is -0.347 e. The summed E-state index contributed by atoms with van der Waals surface area (Å²) in [4.78, 5) is 13.6. The molecule has 3 rings (SSSR count). The largest absolute Gasteiger partial charge is 0.347 e. The summed E-state index contributed by atoms with van der Waals surface area (Å²) in [7, 11) is -3.89. The number of carbonyl (C=O) groups is 1. The molecule has 0 radical (unpaired) electrons. The second kappa shape index (κ2) is 9.39. The second-order valence-electron chi connectivity index (χ2n) is 6.22. The fraction of sp³-hybridized carbons (Fsp3) is 0.211. The Hall–Kier alpha value is -3.11. The molecule has 0 spiro atoms. The summed E-state index contributed by atoms with van der Waals surface area (Å²) >= 11 is 0. The number of halogens is 1. The molecule has 0 aliphatic carbocycles. The highest BCUT2D eigenvalue weighted by Gasteiger charge is 2.18. The number of hydrogen-bond acceptors (Lipinski definition) is 5. The van der Waals surface area contributed by atoms with E-state index in [0.29, 0.717) is 6.54 Å². The van der Waals surface area contributed by atoms with Crippen molar-refractivity contribution in [3.8, 4) is 0 Å². The highest BCUT2D eigenvalue weighted by Crippen LogP contribution is 2.14. The molecule has 1 unspecified atom stereocenters. The molecule has 0 fully saturated rings. The van der Waals surface area contributed by atoms with Crippen LogP contribution in [0.5, 0.6) is 0 Å². The number of aromatic nitrogens is 3. The quantitative estimate of drug-likeness (QED) is 0.551. The molecule has 0 saturated carbocycles. The summed E-state index contributed by atoms with van der Waals surface area (Å²) in [6.07, 6.45) is 3.01. The lowest BCUT2D eigenvalue weighted by Crippen LogP contribution is -2.35. The van der Waals surface area contributed by atoms with Gasteiger partial charge in [0, 0.05) is 13.0 Å². The highest BCUT2D eigenvalue weighted by atomic mass is 32.2. The molecule has 0 saturated heterocycles. The van der Waals surface area contributed by atoms with Crippen molar-refractivity contribution in [1.29, 1.82) is 0 Å². The number of sulfonamides is 1. The van der Waals surface area contributed by atoms with Crippen LogP contribution in [0, 0.1) is 5.82 Å². The van der Waals surface area contributed by atoms with Crippen molar-refractivity contribution in [2.45, 2.75) is 23.9 Å². The van der Waals surface area contributed by atoms with Crippen LogP contribution in [0.2, 0.25) is 0 Å². The van der Waals surface area contributed by atoms with Gasteiger partial charge in [-0.25, -0.2) is 17.5 Å². The van der Waals surface area contributed by atoms with Gasteiger partial charge in [-0.05, 0) is 23.8 Å². The third kappa shape index (κ3) is 5.93. The monoisotopic (exact) mass is 417 g/mol. The van der Waals surface area contributed by atoms with Gasteiger partial charge in [-0.1, -0.05) is 36.4 Å². The highest BCUT2D eigenvalue weighted by molar-refractivity contribution is 7.89. The summed E-state index contributed by atoms with van der Waals surface area (Å²) in [6, 6.07) is 13.6. The van der Waals surface area contributed by atoms with E-state index in [9.17, 15) is 17.6 Å². The van der Waals surface area contributed by atoms with Crippen molar-refractivity contribution in [2.24, 2.45) is 0 Å². The molecule has 8 nitrogen and oxygen atoms in total. The molecule has 1 heterocycles. The van der Waals surface area contributed by atoms with E-state index in [0.717, 1.165) is 17.7 Å². The van der Waals surface area contributed by atoms with Gasteiger partial charge >= 0.3 is 0 Å². The number of hydrogen-bond donors (Lipinski definition) is 2. The van der Waals surface area contributed by atoms with Crippen LogP contribution in [0.25, 0.3) is 0 Å². The third-order valence-electron chi connectivity index (χ3n) is 4.10. The molecule has 0 aliphatic rings. The Labute approximate surface area is 167 Å². The molecule has 0 bridgehead atoms. The Morgan fingerprint density at radius 1 is 1.07 bits per heavy atom. The number of nitrogens with zero attached hydrogens (tertiary/aromatic N) is 3. The van der Waals surface area contributed by atoms with Crippen molar-refractivity contribution in [2.75, 3.05) is 6.54 Å². The smallest absolute Gasteiger partial charge is 0.240 e. The maximum Gasteiger partial charge on any atom is 0.240 e. The summed E-state index contributed by atoms with van der Waals surface area (Å²) in [6.45, 7) is 0.212. The average molecular weight is 417 g/mol. The van der Waals surface area contributed by atoms with E-state index in [4.69, 9.17) is 0 Å². The van der Waals surface area contributed by atoms with Crippen LogP contribution < -0.4 is 10.0 Å². The first kappa shape index (κ1) is 20.6. The van der Waals surface area contributed by atoms with Crippen LogP contribution in [-0.2, 0) is 21.4 Å². The molecular weight excluding hydrogens is 397 g/mol. The first-order valence-corrected chi connectivity index (χ1v) is 10.4. The van der Waals surface area contributed by atoms with Crippen molar-refractivity contribution >= 4 is 15.9 Å². The Kier molecular flexibility index (Phi) is 6.68. The second-order valence-corrected chi connectivity index (χ2v) is 7.99. The van der Waals surface area contributed by atoms with Gasteiger partial charge in [-0.2, -0.15) is 15.0 Å². The zero-order chi connectivity index (χ0) is 20.7. The molecular formula is C19H20FN5O3S. The summed E-state index contributed by atoms with van der Waals surface area (Å²) in [5, 5.41) is 11.0. The van der Waals surface area contributed by atoms with E-state index in [1.165, 1.54) is 16.9 Å². The van der Waals surface area contributed by atoms with Crippen LogP contribution in [0.3, 0.4) is 0 Å². The SMILES string of the molecule is O=C(CCNS(=O)(=O)c1cccc(F)c1)NC(Cn1nccn1)c1ccccc1. The van der Waals surface area contributed by atoms with Crippen molar-refractivity contribution in [3.63, 3.8) is 0 Å². The standard InChI is InChI=1S/C19H20FN5O3S/c20-16-7-4-8-17(13-16)29(27,28)23-10-9-19(26)24-18(14-25-21-11-12-22-25)15-5-2-1-3-6-15/h1-8,11-13,18,23H,9-10,14H2,(H,24,26). The zero-order valence-electron chi connectivity index (χ0n) is 15.4. The van der Waals surface area contributed by atoms with Crippen LogP contribution in [-0.4, -0.2) is 35.9 Å². The van der Waals surface area contributed by atoms with Crippen molar-refractivity contribution < 1.29 is 17.6 Å². The van der Waals surface area contributed by atoms with Crippen LogP contribution >= 0.6 is 0 Å². The van der Waals surface area contributed by atoms with E-state index in [2.05, 4.69) is 20.2 Å². The van der Waals surface area contributed by atoms with Gasteiger partial charge in [-0.15, -0.1) is 0 Å². The Morgan fingerprint density at radius 2 is 1.79 bits per heavy atom. The molecule has 3 aromatic rings. The third-order valence-corrected chi connectivity index (χ3v) is 5.56. The van der Waals surface area contributed by atoms with E-state index < -0.39 is 15.8 Å². The number of benzene rings is 2. The van der Waals surface area contributed by atoms with Crippen LogP contribution in [0.4, 0.5) is 4.39 Å². The summed E-state index contributed by atoms with van der Waals surface area (Å²) in [5.41, 5.74) is 0.874. The molecule has 2 aromatic carbocycles. The van der Waals surface area contributed by atoms with E-state index in [1.54, 1.807) is 12.4 Å². The van der Waals surface area contributed by atoms with Crippen LogP contribution in [0.15, 0.2) is 71.9 Å². The zero-order valence-corrected chi connectivity index (χ0v) is 16.2.